The molecule has 2 fully saturated rings. The molecular formula is C15H24N2O2S2. The van der Waals surface area contributed by atoms with Crippen molar-refractivity contribution in [1.82, 2.24) is 4.31 Å². The lowest BCUT2D eigenvalue weighted by Crippen LogP contribution is -2.44. The monoisotopic (exact) mass is 328 g/mol. The van der Waals surface area contributed by atoms with E-state index in [2.05, 4.69) is 0 Å². The molecule has 2 unspecified atom stereocenters. The fourth-order valence-electron chi connectivity index (χ4n) is 3.89. The van der Waals surface area contributed by atoms with Gasteiger partial charge in [-0.05, 0) is 42.5 Å². The minimum Gasteiger partial charge on any atom is -0.326 e. The van der Waals surface area contributed by atoms with Crippen LogP contribution in [0.5, 0.6) is 0 Å². The van der Waals surface area contributed by atoms with Gasteiger partial charge in [-0.1, -0.05) is 19.3 Å². The van der Waals surface area contributed by atoms with Crippen molar-refractivity contribution >= 4 is 21.4 Å². The summed E-state index contributed by atoms with van der Waals surface area (Å²) in [6, 6.07) is 0. The molecule has 1 aromatic rings. The molecule has 0 aromatic carbocycles. The Morgan fingerprint density at radius 1 is 1.29 bits per heavy atom. The maximum Gasteiger partial charge on any atom is 0.244 e. The van der Waals surface area contributed by atoms with Crippen molar-refractivity contribution in [3.8, 4) is 0 Å². The summed E-state index contributed by atoms with van der Waals surface area (Å²) in [6.07, 6.45) is 6.05. The number of thiophene rings is 1. The second-order valence-electron chi connectivity index (χ2n) is 6.33. The minimum absolute atomic E-state index is 0.299. The lowest BCUT2D eigenvalue weighted by atomic mass is 9.76. The van der Waals surface area contributed by atoms with Crippen LogP contribution >= 0.6 is 11.3 Å². The summed E-state index contributed by atoms with van der Waals surface area (Å²) in [4.78, 5) is 1.27. The van der Waals surface area contributed by atoms with Gasteiger partial charge in [-0.15, -0.1) is 11.3 Å². The number of nitrogens with two attached hydrogens (primary N) is 1. The second kappa shape index (κ2) is 5.99. The van der Waals surface area contributed by atoms with E-state index in [9.17, 15) is 8.42 Å². The van der Waals surface area contributed by atoms with Crippen LogP contribution in [0.4, 0.5) is 0 Å². The van der Waals surface area contributed by atoms with Gasteiger partial charge >= 0.3 is 0 Å². The first-order valence-corrected chi connectivity index (χ1v) is 10.1. The molecule has 3 rings (SSSR count). The van der Waals surface area contributed by atoms with Crippen LogP contribution in [-0.2, 0) is 16.6 Å². The number of hydrogen-bond acceptors (Lipinski definition) is 4. The normalized spacial score (nSPS) is 27.5. The number of nitrogens with zero attached hydrogens (tertiary/aromatic N) is 1. The molecule has 2 aliphatic rings. The highest BCUT2D eigenvalue weighted by molar-refractivity contribution is 7.89. The molecule has 0 bridgehead atoms. The third kappa shape index (κ3) is 2.79. The number of piperidine rings is 1. The first-order chi connectivity index (χ1) is 10.0. The van der Waals surface area contributed by atoms with E-state index in [-0.39, 0.29) is 0 Å². The Bertz CT molecular complexity index is 609. The first kappa shape index (κ1) is 15.5. The summed E-state index contributed by atoms with van der Waals surface area (Å²) in [5, 5.41) is 1.91. The Labute approximate surface area is 131 Å². The Morgan fingerprint density at radius 3 is 2.71 bits per heavy atom. The van der Waals surface area contributed by atoms with Crippen LogP contribution in [0, 0.1) is 18.8 Å². The van der Waals surface area contributed by atoms with Gasteiger partial charge in [0.25, 0.3) is 0 Å². The average Bonchev–Trinajstić information content (AvgIpc) is 2.88. The minimum atomic E-state index is -3.38. The van der Waals surface area contributed by atoms with Crippen LogP contribution in [-0.4, -0.2) is 25.8 Å². The third-order valence-corrected chi connectivity index (χ3v) is 8.38. The van der Waals surface area contributed by atoms with E-state index in [4.69, 9.17) is 5.73 Å². The topological polar surface area (TPSA) is 63.4 Å². The molecule has 0 spiro atoms. The van der Waals surface area contributed by atoms with Gasteiger partial charge in [0, 0.05) is 24.5 Å². The molecule has 2 N–H and O–H groups in total. The van der Waals surface area contributed by atoms with E-state index in [1.54, 1.807) is 4.31 Å². The highest BCUT2D eigenvalue weighted by Crippen LogP contribution is 2.39. The fraction of sp³-hybridized carbons (Fsp3) is 0.733. The predicted molar refractivity (Wildman–Crippen MR) is 85.8 cm³/mol. The van der Waals surface area contributed by atoms with E-state index in [0.29, 0.717) is 30.4 Å². The molecule has 1 aliphatic carbocycles. The van der Waals surface area contributed by atoms with Crippen LogP contribution in [0.2, 0.25) is 0 Å². The zero-order valence-corrected chi connectivity index (χ0v) is 14.2. The molecule has 1 aromatic heterocycles. The van der Waals surface area contributed by atoms with E-state index < -0.39 is 10.0 Å². The number of fused-ring (bicyclic) bond motifs is 1. The SMILES string of the molecule is Cc1csc(CN)c1S(=O)(=O)N1CCC2CCCCC2C1. The van der Waals surface area contributed by atoms with Gasteiger partial charge in [-0.3, -0.25) is 0 Å². The molecule has 0 radical (unpaired) electrons. The zero-order chi connectivity index (χ0) is 15.0. The van der Waals surface area contributed by atoms with Crippen molar-refractivity contribution in [3.05, 3.63) is 15.8 Å². The highest BCUT2D eigenvalue weighted by atomic mass is 32.2. The summed E-state index contributed by atoms with van der Waals surface area (Å²) in [6.45, 7) is 3.54. The molecule has 118 valence electrons. The number of sulfonamides is 1. The van der Waals surface area contributed by atoms with Gasteiger partial charge in [-0.25, -0.2) is 8.42 Å². The largest absolute Gasteiger partial charge is 0.326 e. The summed E-state index contributed by atoms with van der Waals surface area (Å²) in [5.74, 6) is 1.30. The van der Waals surface area contributed by atoms with Crippen molar-refractivity contribution in [2.24, 2.45) is 17.6 Å². The third-order valence-electron chi connectivity index (χ3n) is 5.03. The standard InChI is InChI=1S/C15H24N2O2S2/c1-11-10-20-14(8-16)15(11)21(18,19)17-7-6-12-4-2-3-5-13(12)9-17/h10,12-13H,2-9,16H2,1H3. The van der Waals surface area contributed by atoms with Crippen LogP contribution in [0.25, 0.3) is 0 Å². The highest BCUT2D eigenvalue weighted by Gasteiger charge is 2.38. The number of aryl methyl sites for hydroxylation is 1. The van der Waals surface area contributed by atoms with E-state index in [0.717, 1.165) is 22.8 Å². The Hall–Kier alpha value is -0.430. The van der Waals surface area contributed by atoms with Gasteiger partial charge in [0.15, 0.2) is 0 Å². The molecule has 2 atom stereocenters. The molecule has 1 saturated heterocycles. The van der Waals surface area contributed by atoms with Crippen molar-refractivity contribution in [2.75, 3.05) is 13.1 Å². The lowest BCUT2D eigenvalue weighted by molar-refractivity contribution is 0.136. The zero-order valence-electron chi connectivity index (χ0n) is 12.5. The smallest absolute Gasteiger partial charge is 0.244 e. The summed E-state index contributed by atoms with van der Waals surface area (Å²) in [5.41, 5.74) is 6.56. The fourth-order valence-corrected chi connectivity index (χ4v) is 7.05. The lowest BCUT2D eigenvalue weighted by Gasteiger charge is -2.40. The van der Waals surface area contributed by atoms with Crippen LogP contribution in [0.3, 0.4) is 0 Å². The quantitative estimate of drug-likeness (QED) is 0.928. The Morgan fingerprint density at radius 2 is 2.00 bits per heavy atom. The van der Waals surface area contributed by atoms with Gasteiger partial charge < -0.3 is 5.73 Å². The summed E-state index contributed by atoms with van der Waals surface area (Å²) < 4.78 is 27.7. The van der Waals surface area contributed by atoms with Gasteiger partial charge in [0.1, 0.15) is 4.90 Å². The van der Waals surface area contributed by atoms with E-state index in [1.165, 1.54) is 37.0 Å². The van der Waals surface area contributed by atoms with Crippen molar-refractivity contribution in [1.29, 1.82) is 0 Å². The molecule has 4 nitrogen and oxygen atoms in total. The average molecular weight is 329 g/mol. The summed E-state index contributed by atoms with van der Waals surface area (Å²) >= 11 is 1.46. The van der Waals surface area contributed by atoms with Crippen LogP contribution in [0.1, 0.15) is 42.5 Å². The number of hydrogen-bond donors (Lipinski definition) is 1. The maximum atomic E-state index is 13.0. The molecule has 6 heteroatoms. The molecule has 2 heterocycles. The first-order valence-electron chi connectivity index (χ1n) is 7.81. The molecule has 0 amide bonds. The summed E-state index contributed by atoms with van der Waals surface area (Å²) in [7, 11) is -3.38. The Balaban J connectivity index is 1.87. The maximum absolute atomic E-state index is 13.0. The van der Waals surface area contributed by atoms with Crippen molar-refractivity contribution < 1.29 is 8.42 Å². The molecule has 21 heavy (non-hydrogen) atoms. The van der Waals surface area contributed by atoms with Crippen LogP contribution < -0.4 is 5.73 Å². The van der Waals surface area contributed by atoms with Gasteiger partial charge in [-0.2, -0.15) is 4.31 Å². The second-order valence-corrected chi connectivity index (χ2v) is 9.17. The van der Waals surface area contributed by atoms with Crippen molar-refractivity contribution in [2.45, 2.75) is 50.5 Å². The molecule has 1 saturated carbocycles. The van der Waals surface area contributed by atoms with Crippen LogP contribution in [0.15, 0.2) is 10.3 Å². The number of rotatable bonds is 3. The molecular weight excluding hydrogens is 304 g/mol. The van der Waals surface area contributed by atoms with E-state index in [1.807, 2.05) is 12.3 Å². The van der Waals surface area contributed by atoms with Gasteiger partial charge in [0.2, 0.25) is 10.0 Å². The van der Waals surface area contributed by atoms with E-state index >= 15 is 0 Å². The Kier molecular flexibility index (Phi) is 4.41. The van der Waals surface area contributed by atoms with Crippen molar-refractivity contribution in [3.63, 3.8) is 0 Å². The molecule has 1 aliphatic heterocycles. The van der Waals surface area contributed by atoms with Gasteiger partial charge in [0.05, 0.1) is 0 Å². The predicted octanol–water partition coefficient (Wildman–Crippen LogP) is 2.72.